The van der Waals surface area contributed by atoms with Crippen LogP contribution in [0.15, 0.2) is 42.5 Å². The van der Waals surface area contributed by atoms with E-state index in [1.807, 2.05) is 35.3 Å². The zero-order valence-electron chi connectivity index (χ0n) is 20.8. The summed E-state index contributed by atoms with van der Waals surface area (Å²) in [5.41, 5.74) is 6.76. The minimum absolute atomic E-state index is 0. The second kappa shape index (κ2) is 12.4. The van der Waals surface area contributed by atoms with Crippen molar-refractivity contribution in [3.8, 4) is 11.1 Å². The summed E-state index contributed by atoms with van der Waals surface area (Å²) < 4.78 is 0. The average molecular weight is 531 g/mol. The smallest absolute Gasteiger partial charge is 0.265 e. The Labute approximate surface area is 225 Å². The molecule has 36 heavy (non-hydrogen) atoms. The molecule has 2 aliphatic heterocycles. The Kier molecular flexibility index (Phi) is 9.32. The number of rotatable bonds is 6. The standard InChI is InChI=1S/C29H36ClN3O2.ClH/c30-26-19-22(21-10-7-11-23(18-21)28(34)32-33-16-5-2-6-17-33)12-13-24(26)27(20-8-3-1-4-9-20)25-14-15-31-29(25)35;/h7,10-13,18-20,25,27H,1-6,8-9,14-17H2,(H,31,35)(H,32,34);1H. The molecule has 1 aliphatic carbocycles. The van der Waals surface area contributed by atoms with Gasteiger partial charge in [0.25, 0.3) is 5.91 Å². The van der Waals surface area contributed by atoms with E-state index < -0.39 is 0 Å². The van der Waals surface area contributed by atoms with Crippen molar-refractivity contribution in [3.63, 3.8) is 0 Å². The fraction of sp³-hybridized carbons (Fsp3) is 0.517. The van der Waals surface area contributed by atoms with Crippen molar-refractivity contribution in [1.29, 1.82) is 0 Å². The molecule has 7 heteroatoms. The van der Waals surface area contributed by atoms with Gasteiger partial charge < -0.3 is 5.32 Å². The molecule has 5 rings (SSSR count). The highest BCUT2D eigenvalue weighted by molar-refractivity contribution is 6.31. The van der Waals surface area contributed by atoms with Gasteiger partial charge in [-0.1, -0.05) is 61.5 Å². The Bertz CT molecular complexity index is 1060. The molecule has 2 aromatic rings. The van der Waals surface area contributed by atoms with Gasteiger partial charge in [0.2, 0.25) is 5.91 Å². The van der Waals surface area contributed by atoms with Gasteiger partial charge in [0, 0.05) is 36.1 Å². The van der Waals surface area contributed by atoms with Gasteiger partial charge >= 0.3 is 0 Å². The topological polar surface area (TPSA) is 61.4 Å². The van der Waals surface area contributed by atoms with E-state index in [2.05, 4.69) is 22.9 Å². The van der Waals surface area contributed by atoms with E-state index in [-0.39, 0.29) is 36.1 Å². The van der Waals surface area contributed by atoms with Crippen LogP contribution in [-0.2, 0) is 4.79 Å². The van der Waals surface area contributed by atoms with E-state index in [1.165, 1.54) is 38.5 Å². The lowest BCUT2D eigenvalue weighted by atomic mass is 9.70. The number of hydrogen-bond donors (Lipinski definition) is 2. The third-order valence-electron chi connectivity index (χ3n) is 8.12. The highest BCUT2D eigenvalue weighted by Crippen LogP contribution is 2.45. The van der Waals surface area contributed by atoms with Crippen LogP contribution in [0.2, 0.25) is 5.02 Å². The Hall–Kier alpha value is -2.08. The molecular formula is C29H37Cl2N3O2. The van der Waals surface area contributed by atoms with E-state index in [0.717, 1.165) is 60.6 Å². The monoisotopic (exact) mass is 529 g/mol. The number of benzene rings is 2. The molecule has 0 aromatic heterocycles. The molecule has 3 aliphatic rings. The Morgan fingerprint density at radius 3 is 2.36 bits per heavy atom. The van der Waals surface area contributed by atoms with Crippen molar-refractivity contribution in [2.75, 3.05) is 19.6 Å². The van der Waals surface area contributed by atoms with Gasteiger partial charge in [0.1, 0.15) is 0 Å². The maximum Gasteiger partial charge on any atom is 0.265 e. The first-order chi connectivity index (χ1) is 17.1. The third kappa shape index (κ3) is 6.07. The van der Waals surface area contributed by atoms with Crippen LogP contribution < -0.4 is 10.7 Å². The maximum absolute atomic E-state index is 12.8. The lowest BCUT2D eigenvalue weighted by molar-refractivity contribution is -0.123. The third-order valence-corrected chi connectivity index (χ3v) is 8.44. The van der Waals surface area contributed by atoms with Gasteiger partial charge in [0.15, 0.2) is 0 Å². The first-order valence-corrected chi connectivity index (χ1v) is 13.7. The van der Waals surface area contributed by atoms with Crippen molar-refractivity contribution in [1.82, 2.24) is 15.8 Å². The number of nitrogens with zero attached hydrogens (tertiary/aromatic N) is 1. The van der Waals surface area contributed by atoms with Crippen LogP contribution in [0.4, 0.5) is 0 Å². The van der Waals surface area contributed by atoms with Crippen LogP contribution in [0, 0.1) is 11.8 Å². The van der Waals surface area contributed by atoms with Crippen LogP contribution in [0.1, 0.15) is 79.6 Å². The molecule has 5 nitrogen and oxygen atoms in total. The Morgan fingerprint density at radius 1 is 0.944 bits per heavy atom. The first-order valence-electron chi connectivity index (χ1n) is 13.3. The van der Waals surface area contributed by atoms with Crippen LogP contribution in [0.5, 0.6) is 0 Å². The second-order valence-corrected chi connectivity index (χ2v) is 10.8. The van der Waals surface area contributed by atoms with Gasteiger partial charge in [-0.25, -0.2) is 5.01 Å². The van der Waals surface area contributed by atoms with Gasteiger partial charge in [-0.15, -0.1) is 12.4 Å². The number of nitrogens with one attached hydrogen (secondary N) is 2. The highest BCUT2D eigenvalue weighted by atomic mass is 35.5. The van der Waals surface area contributed by atoms with E-state index in [4.69, 9.17) is 11.6 Å². The van der Waals surface area contributed by atoms with E-state index >= 15 is 0 Å². The summed E-state index contributed by atoms with van der Waals surface area (Å²) in [5.74, 6) is 0.779. The molecule has 0 radical (unpaired) electrons. The van der Waals surface area contributed by atoms with Gasteiger partial charge in [0.05, 0.1) is 0 Å². The number of piperidine rings is 1. The molecule has 194 valence electrons. The summed E-state index contributed by atoms with van der Waals surface area (Å²) in [4.78, 5) is 25.5. The lowest BCUT2D eigenvalue weighted by Crippen LogP contribution is -2.45. The number of carbonyl (C=O) groups is 2. The minimum atomic E-state index is -0.0684. The van der Waals surface area contributed by atoms with Crippen molar-refractivity contribution in [2.45, 2.75) is 63.7 Å². The van der Waals surface area contributed by atoms with Crippen molar-refractivity contribution >= 4 is 35.8 Å². The second-order valence-electron chi connectivity index (χ2n) is 10.4. The molecule has 2 N–H and O–H groups in total. The lowest BCUT2D eigenvalue weighted by Gasteiger charge is -2.34. The molecule has 3 fully saturated rings. The summed E-state index contributed by atoms with van der Waals surface area (Å²) in [5, 5.41) is 5.78. The van der Waals surface area contributed by atoms with Crippen molar-refractivity contribution in [2.24, 2.45) is 11.8 Å². The molecule has 2 atom stereocenters. The average Bonchev–Trinajstić information content (AvgIpc) is 3.32. The summed E-state index contributed by atoms with van der Waals surface area (Å²) in [7, 11) is 0. The van der Waals surface area contributed by atoms with E-state index in [1.54, 1.807) is 0 Å². The van der Waals surface area contributed by atoms with Gasteiger partial charge in [-0.05, 0) is 78.8 Å². The predicted octanol–water partition coefficient (Wildman–Crippen LogP) is 6.36. The first kappa shape index (κ1) is 27.0. The Balaban J connectivity index is 0.00000304. The summed E-state index contributed by atoms with van der Waals surface area (Å²) >= 11 is 6.93. The number of hydrazine groups is 1. The minimum Gasteiger partial charge on any atom is -0.356 e. The number of amides is 2. The quantitative estimate of drug-likeness (QED) is 0.457. The van der Waals surface area contributed by atoms with Crippen LogP contribution >= 0.6 is 24.0 Å². The SMILES string of the molecule is Cl.O=C(NN1CCCCC1)c1cccc(-c2ccc(C(C3CCCCC3)C3CCNC3=O)c(Cl)c2)c1. The molecule has 1 saturated carbocycles. The fourth-order valence-electron chi connectivity index (χ4n) is 6.28. The largest absolute Gasteiger partial charge is 0.356 e. The van der Waals surface area contributed by atoms with Crippen LogP contribution in [0.3, 0.4) is 0 Å². The summed E-state index contributed by atoms with van der Waals surface area (Å²) in [6, 6.07) is 14.0. The highest BCUT2D eigenvalue weighted by Gasteiger charge is 2.39. The molecule has 0 bridgehead atoms. The van der Waals surface area contributed by atoms with Gasteiger partial charge in [-0.3, -0.25) is 15.0 Å². The molecule has 2 heterocycles. The fourth-order valence-corrected chi connectivity index (χ4v) is 6.59. The van der Waals surface area contributed by atoms with Crippen molar-refractivity contribution in [3.05, 3.63) is 58.6 Å². The van der Waals surface area contributed by atoms with Crippen molar-refractivity contribution < 1.29 is 9.59 Å². The summed E-state index contributed by atoms with van der Waals surface area (Å²) in [6.45, 7) is 2.57. The maximum atomic E-state index is 12.8. The predicted molar refractivity (Wildman–Crippen MR) is 147 cm³/mol. The Morgan fingerprint density at radius 2 is 1.67 bits per heavy atom. The number of halogens is 2. The normalized spacial score (nSPS) is 21.9. The zero-order chi connectivity index (χ0) is 24.2. The molecule has 2 unspecified atom stereocenters. The zero-order valence-corrected chi connectivity index (χ0v) is 22.4. The molecule has 2 saturated heterocycles. The molecule has 0 spiro atoms. The molecule has 2 amide bonds. The van der Waals surface area contributed by atoms with Crippen LogP contribution in [0.25, 0.3) is 11.1 Å². The molecule has 2 aromatic carbocycles. The summed E-state index contributed by atoms with van der Waals surface area (Å²) in [6.07, 6.45) is 10.4. The molecular weight excluding hydrogens is 493 g/mol. The number of hydrogen-bond acceptors (Lipinski definition) is 3. The van der Waals surface area contributed by atoms with E-state index in [9.17, 15) is 9.59 Å². The van der Waals surface area contributed by atoms with Gasteiger partial charge in [-0.2, -0.15) is 0 Å². The van der Waals surface area contributed by atoms with E-state index in [0.29, 0.717) is 11.5 Å². The van der Waals surface area contributed by atoms with Crippen LogP contribution in [-0.4, -0.2) is 36.5 Å². The number of carbonyl (C=O) groups excluding carboxylic acids is 2.